The minimum absolute atomic E-state index is 0.574. The molecule has 2 rings (SSSR count). The van der Waals surface area contributed by atoms with Crippen molar-refractivity contribution < 1.29 is 14.6 Å². The molecule has 0 saturated heterocycles. The molecule has 1 aliphatic rings. The first-order chi connectivity index (χ1) is 9.26. The van der Waals surface area contributed by atoms with Gasteiger partial charge in [0, 0.05) is 0 Å². The zero-order valence-electron chi connectivity index (χ0n) is 11.7. The summed E-state index contributed by atoms with van der Waals surface area (Å²) in [5.74, 6) is 1.37. The minimum atomic E-state index is -0.574. The Balaban J connectivity index is 2.21. The van der Waals surface area contributed by atoms with E-state index in [2.05, 4.69) is 6.08 Å². The van der Waals surface area contributed by atoms with Crippen LogP contribution in [0.5, 0.6) is 11.5 Å². The van der Waals surface area contributed by atoms with Crippen molar-refractivity contribution in [2.45, 2.75) is 38.2 Å². The van der Waals surface area contributed by atoms with Crippen LogP contribution in [0, 0.1) is 0 Å². The first-order valence-electron chi connectivity index (χ1n) is 6.83. The van der Waals surface area contributed by atoms with Gasteiger partial charge in [0.25, 0.3) is 0 Å². The van der Waals surface area contributed by atoms with Crippen LogP contribution >= 0.6 is 0 Å². The van der Waals surface area contributed by atoms with Crippen LogP contribution in [-0.4, -0.2) is 19.3 Å². The zero-order chi connectivity index (χ0) is 13.7. The molecule has 0 aliphatic heterocycles. The van der Waals surface area contributed by atoms with Gasteiger partial charge in [-0.15, -0.1) is 0 Å². The van der Waals surface area contributed by atoms with E-state index in [1.807, 2.05) is 18.2 Å². The Labute approximate surface area is 114 Å². The molecule has 0 amide bonds. The van der Waals surface area contributed by atoms with Gasteiger partial charge in [0.2, 0.25) is 0 Å². The fourth-order valence-electron chi connectivity index (χ4n) is 2.65. The van der Waals surface area contributed by atoms with E-state index in [9.17, 15) is 5.11 Å². The third-order valence-electron chi connectivity index (χ3n) is 3.64. The summed E-state index contributed by atoms with van der Waals surface area (Å²) in [7, 11) is 3.23. The van der Waals surface area contributed by atoms with Gasteiger partial charge in [-0.25, -0.2) is 0 Å². The molecular formula is C16H22O3. The van der Waals surface area contributed by atoms with E-state index in [1.54, 1.807) is 14.2 Å². The van der Waals surface area contributed by atoms with E-state index in [0.29, 0.717) is 17.9 Å². The van der Waals surface area contributed by atoms with Crippen LogP contribution in [0.3, 0.4) is 0 Å². The van der Waals surface area contributed by atoms with Gasteiger partial charge < -0.3 is 14.6 Å². The summed E-state index contributed by atoms with van der Waals surface area (Å²) in [4.78, 5) is 0. The molecule has 1 aromatic rings. The molecular weight excluding hydrogens is 240 g/mol. The Morgan fingerprint density at radius 2 is 1.84 bits per heavy atom. The van der Waals surface area contributed by atoms with E-state index in [4.69, 9.17) is 9.47 Å². The lowest BCUT2D eigenvalue weighted by molar-refractivity contribution is 0.167. The average Bonchev–Trinajstić information content (AvgIpc) is 2.47. The summed E-state index contributed by atoms with van der Waals surface area (Å²) >= 11 is 0. The highest BCUT2D eigenvalue weighted by Crippen LogP contribution is 2.38. The van der Waals surface area contributed by atoms with Gasteiger partial charge in [-0.1, -0.05) is 17.7 Å². The van der Waals surface area contributed by atoms with E-state index in [1.165, 1.54) is 18.4 Å². The van der Waals surface area contributed by atoms with Crippen LogP contribution in [0.4, 0.5) is 0 Å². The number of methoxy groups -OCH3 is 2. The second-order valence-corrected chi connectivity index (χ2v) is 4.90. The van der Waals surface area contributed by atoms with E-state index < -0.39 is 6.10 Å². The predicted octanol–water partition coefficient (Wildman–Crippen LogP) is 3.63. The maximum atomic E-state index is 10.5. The van der Waals surface area contributed by atoms with Crippen LogP contribution in [0.2, 0.25) is 0 Å². The average molecular weight is 262 g/mol. The van der Waals surface area contributed by atoms with Crippen molar-refractivity contribution in [2.24, 2.45) is 0 Å². The SMILES string of the molecule is COc1cccc(OC)c1C(O)CC1=CCCCC1. The smallest absolute Gasteiger partial charge is 0.128 e. The van der Waals surface area contributed by atoms with Crippen molar-refractivity contribution in [1.82, 2.24) is 0 Å². The highest BCUT2D eigenvalue weighted by atomic mass is 16.5. The fourth-order valence-corrected chi connectivity index (χ4v) is 2.65. The van der Waals surface area contributed by atoms with Crippen molar-refractivity contribution >= 4 is 0 Å². The fraction of sp³-hybridized carbons (Fsp3) is 0.500. The van der Waals surface area contributed by atoms with Crippen molar-refractivity contribution in [2.75, 3.05) is 14.2 Å². The lowest BCUT2D eigenvalue weighted by Crippen LogP contribution is -2.06. The Morgan fingerprint density at radius 3 is 2.37 bits per heavy atom. The Hall–Kier alpha value is -1.48. The zero-order valence-corrected chi connectivity index (χ0v) is 11.7. The number of hydrogen-bond acceptors (Lipinski definition) is 3. The maximum Gasteiger partial charge on any atom is 0.128 e. The molecule has 19 heavy (non-hydrogen) atoms. The molecule has 0 spiro atoms. The number of aliphatic hydroxyl groups is 1. The monoisotopic (exact) mass is 262 g/mol. The lowest BCUT2D eigenvalue weighted by atomic mass is 9.92. The van der Waals surface area contributed by atoms with E-state index >= 15 is 0 Å². The van der Waals surface area contributed by atoms with Gasteiger partial charge in [-0.05, 0) is 44.2 Å². The summed E-state index contributed by atoms with van der Waals surface area (Å²) < 4.78 is 10.7. The normalized spacial score (nSPS) is 16.7. The molecule has 0 aromatic heterocycles. The number of allylic oxidation sites excluding steroid dienone is 1. The van der Waals surface area contributed by atoms with Gasteiger partial charge in [-0.2, -0.15) is 0 Å². The Kier molecular flexibility index (Phi) is 4.86. The van der Waals surface area contributed by atoms with Crippen LogP contribution in [-0.2, 0) is 0 Å². The molecule has 1 aliphatic carbocycles. The molecule has 3 nitrogen and oxygen atoms in total. The molecule has 1 N–H and O–H groups in total. The number of aliphatic hydroxyl groups excluding tert-OH is 1. The van der Waals surface area contributed by atoms with Gasteiger partial charge in [0.05, 0.1) is 25.9 Å². The molecule has 0 bridgehead atoms. The van der Waals surface area contributed by atoms with Crippen molar-refractivity contribution in [3.8, 4) is 11.5 Å². The van der Waals surface area contributed by atoms with Crippen molar-refractivity contribution in [3.05, 3.63) is 35.4 Å². The maximum absolute atomic E-state index is 10.5. The lowest BCUT2D eigenvalue weighted by Gasteiger charge is -2.20. The van der Waals surface area contributed by atoms with Crippen LogP contribution in [0.1, 0.15) is 43.8 Å². The molecule has 1 aromatic carbocycles. The van der Waals surface area contributed by atoms with Gasteiger partial charge >= 0.3 is 0 Å². The van der Waals surface area contributed by atoms with Gasteiger partial charge in [0.15, 0.2) is 0 Å². The standard InChI is InChI=1S/C16H22O3/c1-18-14-9-6-10-15(19-2)16(14)13(17)11-12-7-4-3-5-8-12/h6-7,9-10,13,17H,3-5,8,11H2,1-2H3. The first-order valence-corrected chi connectivity index (χ1v) is 6.83. The largest absolute Gasteiger partial charge is 0.496 e. The number of benzene rings is 1. The van der Waals surface area contributed by atoms with Crippen molar-refractivity contribution in [3.63, 3.8) is 0 Å². The molecule has 0 saturated carbocycles. The van der Waals surface area contributed by atoms with Gasteiger partial charge in [0.1, 0.15) is 11.5 Å². The number of ether oxygens (including phenoxy) is 2. The minimum Gasteiger partial charge on any atom is -0.496 e. The predicted molar refractivity (Wildman–Crippen MR) is 75.7 cm³/mol. The Morgan fingerprint density at radius 1 is 1.16 bits per heavy atom. The second-order valence-electron chi connectivity index (χ2n) is 4.90. The number of hydrogen-bond donors (Lipinski definition) is 1. The second kappa shape index (κ2) is 6.62. The van der Waals surface area contributed by atoms with Gasteiger partial charge in [-0.3, -0.25) is 0 Å². The van der Waals surface area contributed by atoms with Crippen LogP contribution in [0.25, 0.3) is 0 Å². The summed E-state index contributed by atoms with van der Waals surface area (Å²) in [6.07, 6.45) is 7.06. The third kappa shape index (κ3) is 3.29. The summed E-state index contributed by atoms with van der Waals surface area (Å²) in [5, 5.41) is 10.5. The molecule has 1 unspecified atom stereocenters. The highest BCUT2D eigenvalue weighted by Gasteiger charge is 2.20. The highest BCUT2D eigenvalue weighted by molar-refractivity contribution is 5.46. The first kappa shape index (κ1) is 13.9. The molecule has 3 heteroatoms. The van der Waals surface area contributed by atoms with Crippen LogP contribution in [0.15, 0.2) is 29.8 Å². The van der Waals surface area contributed by atoms with Crippen molar-refractivity contribution in [1.29, 1.82) is 0 Å². The number of rotatable bonds is 5. The molecule has 0 fully saturated rings. The van der Waals surface area contributed by atoms with E-state index in [0.717, 1.165) is 18.4 Å². The third-order valence-corrected chi connectivity index (χ3v) is 3.64. The topological polar surface area (TPSA) is 38.7 Å². The molecule has 104 valence electrons. The quantitative estimate of drug-likeness (QED) is 0.824. The summed E-state index contributed by atoms with van der Waals surface area (Å²) in [6, 6.07) is 5.58. The summed E-state index contributed by atoms with van der Waals surface area (Å²) in [6.45, 7) is 0. The molecule has 1 atom stereocenters. The molecule has 0 radical (unpaired) electrons. The summed E-state index contributed by atoms with van der Waals surface area (Å²) in [5.41, 5.74) is 2.09. The Bertz CT molecular complexity index is 429. The van der Waals surface area contributed by atoms with Crippen LogP contribution < -0.4 is 9.47 Å². The van der Waals surface area contributed by atoms with E-state index in [-0.39, 0.29) is 0 Å². The molecule has 0 heterocycles.